The molecule has 2 aromatic rings. The van der Waals surface area contributed by atoms with Crippen LogP contribution >= 0.6 is 11.6 Å². The molecule has 1 aromatic carbocycles. The number of nitrogens with zero attached hydrogens (tertiary/aromatic N) is 1. The van der Waals surface area contributed by atoms with E-state index in [9.17, 15) is 4.79 Å². The van der Waals surface area contributed by atoms with E-state index in [1.165, 1.54) is 0 Å². The highest BCUT2D eigenvalue weighted by Crippen LogP contribution is 2.22. The molecule has 98 valence electrons. The van der Waals surface area contributed by atoms with E-state index in [0.717, 1.165) is 11.1 Å². The molecule has 0 saturated carbocycles. The van der Waals surface area contributed by atoms with Gasteiger partial charge in [-0.05, 0) is 43.2 Å². The summed E-state index contributed by atoms with van der Waals surface area (Å²) in [5.74, 6) is -0.251. The number of nitrogens with one attached hydrogen (secondary N) is 1. The summed E-state index contributed by atoms with van der Waals surface area (Å²) in [6.07, 6.45) is 1.64. The van der Waals surface area contributed by atoms with E-state index in [-0.39, 0.29) is 11.1 Å². The van der Waals surface area contributed by atoms with Crippen LogP contribution in [0.15, 0.2) is 30.5 Å². The average Bonchev–Trinajstić information content (AvgIpc) is 2.37. The molecule has 2 rings (SSSR count). The van der Waals surface area contributed by atoms with Crippen molar-refractivity contribution in [2.75, 3.05) is 11.1 Å². The fourth-order valence-corrected chi connectivity index (χ4v) is 1.88. The molecule has 1 heterocycles. The minimum atomic E-state index is -0.251. The first-order valence-corrected chi connectivity index (χ1v) is 6.15. The van der Waals surface area contributed by atoms with Crippen molar-refractivity contribution in [1.29, 1.82) is 0 Å². The highest BCUT2D eigenvalue weighted by molar-refractivity contribution is 6.32. The number of pyridine rings is 1. The van der Waals surface area contributed by atoms with Crippen molar-refractivity contribution in [3.8, 4) is 0 Å². The van der Waals surface area contributed by atoms with Crippen molar-refractivity contribution in [1.82, 2.24) is 4.98 Å². The van der Waals surface area contributed by atoms with E-state index >= 15 is 0 Å². The van der Waals surface area contributed by atoms with Crippen LogP contribution in [0.25, 0.3) is 0 Å². The van der Waals surface area contributed by atoms with E-state index in [2.05, 4.69) is 10.3 Å². The molecular weight excluding hydrogens is 262 g/mol. The molecule has 0 fully saturated rings. The minimum Gasteiger partial charge on any atom is -0.398 e. The molecule has 0 atom stereocenters. The van der Waals surface area contributed by atoms with Gasteiger partial charge in [-0.25, -0.2) is 4.98 Å². The number of anilines is 2. The van der Waals surface area contributed by atoms with Crippen molar-refractivity contribution in [2.24, 2.45) is 0 Å². The fourth-order valence-electron chi connectivity index (χ4n) is 1.73. The average molecular weight is 276 g/mol. The molecule has 0 saturated heterocycles. The van der Waals surface area contributed by atoms with Crippen molar-refractivity contribution in [3.05, 3.63) is 52.3 Å². The molecule has 3 N–H and O–H groups in total. The zero-order valence-electron chi connectivity index (χ0n) is 10.7. The molecule has 0 aliphatic heterocycles. The van der Waals surface area contributed by atoms with Gasteiger partial charge in [0.05, 0.1) is 5.69 Å². The van der Waals surface area contributed by atoms with Gasteiger partial charge in [0.1, 0.15) is 0 Å². The van der Waals surface area contributed by atoms with Gasteiger partial charge in [0.25, 0.3) is 5.91 Å². The normalized spacial score (nSPS) is 10.3. The van der Waals surface area contributed by atoms with E-state index < -0.39 is 0 Å². The predicted octanol–water partition coefficient (Wildman–Crippen LogP) is 3.19. The largest absolute Gasteiger partial charge is 0.398 e. The molecule has 19 heavy (non-hydrogen) atoms. The Labute approximate surface area is 116 Å². The number of carbonyl (C=O) groups is 1. The van der Waals surface area contributed by atoms with Gasteiger partial charge in [-0.15, -0.1) is 0 Å². The predicted molar refractivity (Wildman–Crippen MR) is 77.5 cm³/mol. The van der Waals surface area contributed by atoms with Crippen LogP contribution in [0, 0.1) is 13.8 Å². The van der Waals surface area contributed by atoms with Crippen molar-refractivity contribution >= 4 is 28.9 Å². The first kappa shape index (κ1) is 13.4. The molecule has 4 nitrogen and oxygen atoms in total. The highest BCUT2D eigenvalue weighted by atomic mass is 35.5. The number of aromatic nitrogens is 1. The first-order valence-electron chi connectivity index (χ1n) is 5.77. The first-order chi connectivity index (χ1) is 8.99. The third-order valence-electron chi connectivity index (χ3n) is 2.84. The maximum atomic E-state index is 12.2. The number of carbonyl (C=O) groups excluding carboxylic acids is 1. The number of nitrogen functional groups attached to an aromatic ring is 1. The minimum absolute atomic E-state index is 0.251. The summed E-state index contributed by atoms with van der Waals surface area (Å²) < 4.78 is 0. The Morgan fingerprint density at radius 2 is 2.11 bits per heavy atom. The lowest BCUT2D eigenvalue weighted by molar-refractivity contribution is 0.102. The molecule has 0 unspecified atom stereocenters. The van der Waals surface area contributed by atoms with E-state index in [0.29, 0.717) is 16.9 Å². The molecule has 5 heteroatoms. The van der Waals surface area contributed by atoms with Crippen LogP contribution in [-0.2, 0) is 0 Å². The second-order valence-corrected chi connectivity index (χ2v) is 4.68. The smallest absolute Gasteiger partial charge is 0.256 e. The second-order valence-electron chi connectivity index (χ2n) is 4.32. The Balaban J connectivity index is 2.31. The van der Waals surface area contributed by atoms with Gasteiger partial charge in [0, 0.05) is 17.4 Å². The summed E-state index contributed by atoms with van der Waals surface area (Å²) in [5, 5.41) is 3.01. The topological polar surface area (TPSA) is 68.0 Å². The van der Waals surface area contributed by atoms with Gasteiger partial charge in [-0.2, -0.15) is 0 Å². The summed E-state index contributed by atoms with van der Waals surface area (Å²) in [6, 6.07) is 6.99. The number of rotatable bonds is 2. The van der Waals surface area contributed by atoms with Crippen molar-refractivity contribution < 1.29 is 4.79 Å². The molecule has 0 spiro atoms. The van der Waals surface area contributed by atoms with Crippen LogP contribution in [-0.4, -0.2) is 10.9 Å². The number of benzene rings is 1. The summed E-state index contributed by atoms with van der Waals surface area (Å²) >= 11 is 5.95. The summed E-state index contributed by atoms with van der Waals surface area (Å²) in [7, 11) is 0. The molecular formula is C14H14ClN3O. The third kappa shape index (κ3) is 2.85. The number of hydrogen-bond acceptors (Lipinski definition) is 3. The maximum Gasteiger partial charge on any atom is 0.256 e. The second kappa shape index (κ2) is 5.28. The Kier molecular flexibility index (Phi) is 3.71. The van der Waals surface area contributed by atoms with Gasteiger partial charge in [-0.3, -0.25) is 4.79 Å². The summed E-state index contributed by atoms with van der Waals surface area (Å²) in [4.78, 5) is 16.2. The van der Waals surface area contributed by atoms with E-state index in [4.69, 9.17) is 17.3 Å². The molecule has 1 amide bonds. The number of hydrogen-bond donors (Lipinski definition) is 2. The van der Waals surface area contributed by atoms with Gasteiger partial charge < -0.3 is 11.1 Å². The van der Waals surface area contributed by atoms with Crippen molar-refractivity contribution in [2.45, 2.75) is 13.8 Å². The van der Waals surface area contributed by atoms with Crippen LogP contribution in [0.1, 0.15) is 21.5 Å². The maximum absolute atomic E-state index is 12.2. The molecule has 0 radical (unpaired) electrons. The van der Waals surface area contributed by atoms with Crippen LogP contribution < -0.4 is 11.1 Å². The van der Waals surface area contributed by atoms with Crippen LogP contribution in [0.3, 0.4) is 0 Å². The molecule has 0 aliphatic carbocycles. The molecule has 0 aliphatic rings. The van der Waals surface area contributed by atoms with Gasteiger partial charge in [0.2, 0.25) is 0 Å². The fraction of sp³-hybridized carbons (Fsp3) is 0.143. The summed E-state index contributed by atoms with van der Waals surface area (Å²) in [6.45, 7) is 3.69. The molecule has 0 bridgehead atoms. The zero-order chi connectivity index (χ0) is 14.0. The molecule has 1 aromatic heterocycles. The van der Waals surface area contributed by atoms with Crippen LogP contribution in [0.2, 0.25) is 5.15 Å². The third-order valence-corrected chi connectivity index (χ3v) is 3.15. The standard InChI is InChI=1S/C14H14ClN3O/c1-8-6-12(13(15)17-7-8)18-14(19)10-4-3-5-11(16)9(10)2/h3-7H,16H2,1-2H3,(H,18,19). The summed E-state index contributed by atoms with van der Waals surface area (Å²) in [5.41, 5.74) is 9.06. The van der Waals surface area contributed by atoms with Crippen LogP contribution in [0.5, 0.6) is 0 Å². The van der Waals surface area contributed by atoms with E-state index in [1.807, 2.05) is 6.92 Å². The Morgan fingerprint density at radius 1 is 1.37 bits per heavy atom. The van der Waals surface area contributed by atoms with Crippen molar-refractivity contribution in [3.63, 3.8) is 0 Å². The Hall–Kier alpha value is -2.07. The van der Waals surface area contributed by atoms with Crippen LogP contribution in [0.4, 0.5) is 11.4 Å². The Morgan fingerprint density at radius 3 is 2.84 bits per heavy atom. The van der Waals surface area contributed by atoms with Gasteiger partial charge >= 0.3 is 0 Å². The van der Waals surface area contributed by atoms with Gasteiger partial charge in [0.15, 0.2) is 5.15 Å². The lowest BCUT2D eigenvalue weighted by Crippen LogP contribution is -2.14. The number of nitrogens with two attached hydrogens (primary N) is 1. The number of amides is 1. The lowest BCUT2D eigenvalue weighted by atomic mass is 10.1. The zero-order valence-corrected chi connectivity index (χ0v) is 11.5. The monoisotopic (exact) mass is 275 g/mol. The SMILES string of the molecule is Cc1cnc(Cl)c(NC(=O)c2cccc(N)c2C)c1. The quantitative estimate of drug-likeness (QED) is 0.653. The number of halogens is 1. The highest BCUT2D eigenvalue weighted by Gasteiger charge is 2.12. The lowest BCUT2D eigenvalue weighted by Gasteiger charge is -2.10. The van der Waals surface area contributed by atoms with Gasteiger partial charge in [-0.1, -0.05) is 17.7 Å². The van der Waals surface area contributed by atoms with E-state index in [1.54, 1.807) is 37.4 Å². The number of aryl methyl sites for hydroxylation is 1. The Bertz CT molecular complexity index is 641.